The van der Waals surface area contributed by atoms with Crippen LogP contribution in [0.2, 0.25) is 0 Å². The smallest absolute Gasteiger partial charge is 0.323 e. The van der Waals surface area contributed by atoms with E-state index in [4.69, 9.17) is 5.11 Å². The standard InChI is InChI=1S/C13H24N2O3/c1-9-4-6-10(7-5-9)15-11(16)8-14-13(2,3)12(17)18/h9-10,14H,4-8H2,1-3H3,(H,15,16)(H,17,18). The highest BCUT2D eigenvalue weighted by atomic mass is 16.4. The summed E-state index contributed by atoms with van der Waals surface area (Å²) in [7, 11) is 0. The first kappa shape index (κ1) is 15.0. The third-order valence-corrected chi connectivity index (χ3v) is 3.61. The number of aliphatic carboxylic acids is 1. The topological polar surface area (TPSA) is 78.4 Å². The van der Waals surface area contributed by atoms with Gasteiger partial charge in [-0.1, -0.05) is 6.92 Å². The molecule has 0 aromatic rings. The Morgan fingerprint density at radius 2 is 1.78 bits per heavy atom. The summed E-state index contributed by atoms with van der Waals surface area (Å²) in [6, 6.07) is 0.253. The van der Waals surface area contributed by atoms with E-state index in [1.807, 2.05) is 0 Å². The number of rotatable bonds is 5. The van der Waals surface area contributed by atoms with Crippen molar-refractivity contribution < 1.29 is 14.7 Å². The van der Waals surface area contributed by atoms with Crippen LogP contribution in [0.1, 0.15) is 46.5 Å². The number of carboxylic acids is 1. The highest BCUT2D eigenvalue weighted by Crippen LogP contribution is 2.23. The molecule has 1 rings (SSSR count). The van der Waals surface area contributed by atoms with Gasteiger partial charge < -0.3 is 10.4 Å². The predicted molar refractivity (Wildman–Crippen MR) is 69.3 cm³/mol. The van der Waals surface area contributed by atoms with Gasteiger partial charge >= 0.3 is 5.97 Å². The molecule has 0 bridgehead atoms. The summed E-state index contributed by atoms with van der Waals surface area (Å²) < 4.78 is 0. The minimum absolute atomic E-state index is 0.0470. The molecule has 1 amide bonds. The molecule has 0 aromatic heterocycles. The molecule has 3 N–H and O–H groups in total. The second kappa shape index (κ2) is 6.18. The monoisotopic (exact) mass is 256 g/mol. The lowest BCUT2D eigenvalue weighted by molar-refractivity contribution is -0.143. The fourth-order valence-electron chi connectivity index (χ4n) is 2.06. The summed E-state index contributed by atoms with van der Waals surface area (Å²) in [6.07, 6.45) is 4.35. The molecule has 0 unspecified atom stereocenters. The maximum atomic E-state index is 11.7. The van der Waals surface area contributed by atoms with E-state index in [1.54, 1.807) is 13.8 Å². The molecule has 0 spiro atoms. The number of carbonyl (C=O) groups excluding carboxylic acids is 1. The van der Waals surface area contributed by atoms with Gasteiger partial charge in [0.1, 0.15) is 5.54 Å². The summed E-state index contributed by atoms with van der Waals surface area (Å²) in [5.74, 6) is -0.326. The average molecular weight is 256 g/mol. The number of hydrogen-bond donors (Lipinski definition) is 3. The lowest BCUT2D eigenvalue weighted by atomic mass is 9.87. The van der Waals surface area contributed by atoms with Gasteiger partial charge in [0.25, 0.3) is 0 Å². The molecule has 18 heavy (non-hydrogen) atoms. The van der Waals surface area contributed by atoms with Crippen LogP contribution in [-0.4, -0.2) is 35.1 Å². The van der Waals surface area contributed by atoms with Gasteiger partial charge in [0.15, 0.2) is 0 Å². The molecular formula is C13H24N2O3. The number of carboxylic acid groups (broad SMARTS) is 1. The normalized spacial score (nSPS) is 24.6. The van der Waals surface area contributed by atoms with Crippen LogP contribution in [0.5, 0.6) is 0 Å². The molecule has 0 radical (unpaired) electrons. The van der Waals surface area contributed by atoms with E-state index >= 15 is 0 Å². The summed E-state index contributed by atoms with van der Waals surface area (Å²) >= 11 is 0. The van der Waals surface area contributed by atoms with Crippen molar-refractivity contribution in [1.82, 2.24) is 10.6 Å². The Balaban J connectivity index is 2.28. The minimum Gasteiger partial charge on any atom is -0.480 e. The summed E-state index contributed by atoms with van der Waals surface area (Å²) in [5.41, 5.74) is -1.07. The summed E-state index contributed by atoms with van der Waals surface area (Å²) in [5, 5.41) is 14.6. The van der Waals surface area contributed by atoms with Crippen molar-refractivity contribution >= 4 is 11.9 Å². The first-order valence-electron chi connectivity index (χ1n) is 6.59. The third-order valence-electron chi connectivity index (χ3n) is 3.61. The molecule has 104 valence electrons. The molecular weight excluding hydrogens is 232 g/mol. The van der Waals surface area contributed by atoms with E-state index < -0.39 is 11.5 Å². The van der Waals surface area contributed by atoms with Gasteiger partial charge in [-0.15, -0.1) is 0 Å². The fraction of sp³-hybridized carbons (Fsp3) is 0.846. The van der Waals surface area contributed by atoms with E-state index in [1.165, 1.54) is 0 Å². The molecule has 1 fully saturated rings. The average Bonchev–Trinajstić information content (AvgIpc) is 2.29. The lowest BCUT2D eigenvalue weighted by Crippen LogP contribution is -2.51. The third kappa shape index (κ3) is 4.64. The van der Waals surface area contributed by atoms with Crippen molar-refractivity contribution in [1.29, 1.82) is 0 Å². The van der Waals surface area contributed by atoms with Gasteiger partial charge in [-0.25, -0.2) is 0 Å². The highest BCUT2D eigenvalue weighted by molar-refractivity contribution is 5.81. The molecule has 5 heteroatoms. The zero-order valence-electron chi connectivity index (χ0n) is 11.5. The number of amides is 1. The van der Waals surface area contributed by atoms with Crippen LogP contribution in [0.15, 0.2) is 0 Å². The predicted octanol–water partition coefficient (Wildman–Crippen LogP) is 1.13. The second-order valence-corrected chi connectivity index (χ2v) is 5.81. The van der Waals surface area contributed by atoms with Crippen LogP contribution in [0.25, 0.3) is 0 Å². The first-order chi connectivity index (χ1) is 8.31. The zero-order chi connectivity index (χ0) is 13.8. The van der Waals surface area contributed by atoms with Crippen molar-refractivity contribution in [2.24, 2.45) is 5.92 Å². The Labute approximate surface area is 108 Å². The van der Waals surface area contributed by atoms with Crippen LogP contribution >= 0.6 is 0 Å². The molecule has 0 saturated heterocycles. The van der Waals surface area contributed by atoms with Crippen molar-refractivity contribution in [2.75, 3.05) is 6.54 Å². The Hall–Kier alpha value is -1.10. The van der Waals surface area contributed by atoms with Crippen molar-refractivity contribution in [2.45, 2.75) is 58.0 Å². The van der Waals surface area contributed by atoms with E-state index in [0.29, 0.717) is 0 Å². The molecule has 1 aliphatic rings. The Morgan fingerprint density at radius 3 is 2.28 bits per heavy atom. The lowest BCUT2D eigenvalue weighted by Gasteiger charge is -2.27. The number of hydrogen-bond acceptors (Lipinski definition) is 3. The van der Waals surface area contributed by atoms with Gasteiger partial charge in [-0.3, -0.25) is 14.9 Å². The summed E-state index contributed by atoms with van der Waals surface area (Å²) in [4.78, 5) is 22.6. The van der Waals surface area contributed by atoms with Crippen LogP contribution in [0, 0.1) is 5.92 Å². The number of nitrogens with one attached hydrogen (secondary N) is 2. The molecule has 0 aromatic carbocycles. The fourth-order valence-corrected chi connectivity index (χ4v) is 2.06. The SMILES string of the molecule is CC1CCC(NC(=O)CNC(C)(C)C(=O)O)CC1. The van der Waals surface area contributed by atoms with Crippen molar-refractivity contribution in [3.05, 3.63) is 0 Å². The van der Waals surface area contributed by atoms with E-state index in [2.05, 4.69) is 17.6 Å². The van der Waals surface area contributed by atoms with E-state index in [9.17, 15) is 9.59 Å². The molecule has 1 saturated carbocycles. The Bertz CT molecular complexity index is 307. The van der Waals surface area contributed by atoms with Crippen molar-refractivity contribution in [3.8, 4) is 0 Å². The van der Waals surface area contributed by atoms with Gasteiger partial charge in [0, 0.05) is 6.04 Å². The Kier molecular flexibility index (Phi) is 5.14. The van der Waals surface area contributed by atoms with Crippen LogP contribution in [0.4, 0.5) is 0 Å². The van der Waals surface area contributed by atoms with Gasteiger partial charge in [-0.05, 0) is 45.4 Å². The van der Waals surface area contributed by atoms with Crippen LogP contribution in [0.3, 0.4) is 0 Å². The molecule has 0 aliphatic heterocycles. The van der Waals surface area contributed by atoms with E-state index in [-0.39, 0.29) is 18.5 Å². The molecule has 0 heterocycles. The van der Waals surface area contributed by atoms with E-state index in [0.717, 1.165) is 31.6 Å². The first-order valence-corrected chi connectivity index (χ1v) is 6.59. The maximum absolute atomic E-state index is 11.7. The molecule has 1 aliphatic carbocycles. The summed E-state index contributed by atoms with van der Waals surface area (Å²) in [6.45, 7) is 5.37. The van der Waals surface area contributed by atoms with Gasteiger partial charge in [0.05, 0.1) is 6.54 Å². The second-order valence-electron chi connectivity index (χ2n) is 5.81. The quantitative estimate of drug-likeness (QED) is 0.689. The molecule has 5 nitrogen and oxygen atoms in total. The van der Waals surface area contributed by atoms with Crippen LogP contribution < -0.4 is 10.6 Å². The van der Waals surface area contributed by atoms with Crippen LogP contribution in [-0.2, 0) is 9.59 Å². The molecule has 0 atom stereocenters. The minimum atomic E-state index is -1.07. The maximum Gasteiger partial charge on any atom is 0.323 e. The highest BCUT2D eigenvalue weighted by Gasteiger charge is 2.27. The number of carbonyl (C=O) groups is 2. The zero-order valence-corrected chi connectivity index (χ0v) is 11.5. The van der Waals surface area contributed by atoms with Gasteiger partial charge in [0.2, 0.25) is 5.91 Å². The van der Waals surface area contributed by atoms with Gasteiger partial charge in [-0.2, -0.15) is 0 Å². The Morgan fingerprint density at radius 1 is 1.22 bits per heavy atom. The largest absolute Gasteiger partial charge is 0.480 e. The van der Waals surface area contributed by atoms with Crippen molar-refractivity contribution in [3.63, 3.8) is 0 Å².